The van der Waals surface area contributed by atoms with Gasteiger partial charge in [-0.25, -0.2) is 0 Å². The van der Waals surface area contributed by atoms with Crippen LogP contribution in [0.25, 0.3) is 0 Å². The number of nitrogens with zero attached hydrogens (tertiary/aromatic N) is 1. The molecule has 0 radical (unpaired) electrons. The van der Waals surface area contributed by atoms with Crippen LogP contribution < -0.4 is 10.1 Å². The number of rotatable bonds is 6. The number of ether oxygens (including phenoxy) is 1. The maximum absolute atomic E-state index is 12.4. The molecule has 1 fully saturated rings. The third-order valence-corrected chi connectivity index (χ3v) is 5.14. The van der Waals surface area contributed by atoms with Gasteiger partial charge in [-0.3, -0.25) is 19.3 Å². The van der Waals surface area contributed by atoms with Crippen LogP contribution in [0, 0.1) is 11.8 Å². The third kappa shape index (κ3) is 3.49. The Kier molecular flexibility index (Phi) is 5.40. The number of para-hydroxylation sites is 1. The second kappa shape index (κ2) is 7.72. The molecule has 1 aliphatic heterocycles. The quantitative estimate of drug-likeness (QED) is 0.626. The maximum atomic E-state index is 12.4. The summed E-state index contributed by atoms with van der Waals surface area (Å²) in [5.41, 5.74) is 0.883. The zero-order chi connectivity index (χ0) is 18.7. The molecule has 3 rings (SSSR count). The van der Waals surface area contributed by atoms with Gasteiger partial charge in [0.1, 0.15) is 5.75 Å². The van der Waals surface area contributed by atoms with E-state index in [1.54, 1.807) is 7.11 Å². The molecule has 1 N–H and O–H groups in total. The summed E-state index contributed by atoms with van der Waals surface area (Å²) in [6.07, 6.45) is 5.24. The molecule has 1 heterocycles. The molecule has 1 aliphatic carbocycles. The van der Waals surface area contributed by atoms with E-state index in [-0.39, 0.29) is 48.6 Å². The molecule has 3 atom stereocenters. The van der Waals surface area contributed by atoms with Gasteiger partial charge < -0.3 is 10.1 Å². The molecule has 3 amide bonds. The van der Waals surface area contributed by atoms with Crippen LogP contribution in [0.4, 0.5) is 0 Å². The Labute approximate surface area is 153 Å². The number of methoxy groups -OCH3 is 1. The Morgan fingerprint density at radius 1 is 1.19 bits per heavy atom. The van der Waals surface area contributed by atoms with Crippen molar-refractivity contribution in [3.63, 3.8) is 0 Å². The summed E-state index contributed by atoms with van der Waals surface area (Å²) in [5, 5.41) is 2.91. The molecule has 0 saturated carbocycles. The lowest BCUT2D eigenvalue weighted by molar-refractivity contribution is -0.140. The van der Waals surface area contributed by atoms with Crippen molar-refractivity contribution in [2.24, 2.45) is 11.8 Å². The van der Waals surface area contributed by atoms with Crippen LogP contribution in [-0.4, -0.2) is 36.3 Å². The van der Waals surface area contributed by atoms with E-state index >= 15 is 0 Å². The summed E-state index contributed by atoms with van der Waals surface area (Å²) < 4.78 is 5.32. The van der Waals surface area contributed by atoms with E-state index in [2.05, 4.69) is 5.32 Å². The van der Waals surface area contributed by atoms with E-state index in [1.807, 2.05) is 43.3 Å². The highest BCUT2D eigenvalue weighted by Gasteiger charge is 2.46. The fourth-order valence-electron chi connectivity index (χ4n) is 3.72. The molecule has 26 heavy (non-hydrogen) atoms. The van der Waals surface area contributed by atoms with Gasteiger partial charge in [0, 0.05) is 18.5 Å². The number of carbonyl (C=O) groups is 3. The molecule has 0 bridgehead atoms. The molecule has 0 aromatic heterocycles. The number of allylic oxidation sites excluding steroid dienone is 2. The van der Waals surface area contributed by atoms with Crippen molar-refractivity contribution in [2.45, 2.75) is 32.2 Å². The molecule has 0 unspecified atom stereocenters. The minimum absolute atomic E-state index is 0.101. The Hall–Kier alpha value is -2.63. The molecule has 1 aromatic rings. The molecule has 1 saturated heterocycles. The van der Waals surface area contributed by atoms with Gasteiger partial charge in [-0.2, -0.15) is 0 Å². The first-order chi connectivity index (χ1) is 12.5. The van der Waals surface area contributed by atoms with Gasteiger partial charge in [-0.1, -0.05) is 30.4 Å². The zero-order valence-electron chi connectivity index (χ0n) is 15.1. The lowest BCUT2D eigenvalue weighted by atomic mass is 9.85. The molecule has 6 nitrogen and oxygen atoms in total. The van der Waals surface area contributed by atoms with Crippen molar-refractivity contribution in [3.8, 4) is 5.75 Å². The average Bonchev–Trinajstić information content (AvgIpc) is 2.90. The van der Waals surface area contributed by atoms with E-state index in [1.165, 1.54) is 4.90 Å². The standard InChI is InChI=1S/C20H24N2O4/c1-13(14-7-5-6-10-17(14)26-2)21-18(23)11-12-22-19(24)15-8-3-4-9-16(15)20(22)25/h3-7,10,13,15-16H,8-9,11-12H2,1-2H3,(H,21,23)/t13-,15-,16+/m1/s1. The van der Waals surface area contributed by atoms with Gasteiger partial charge in [0.15, 0.2) is 0 Å². The molecular weight excluding hydrogens is 332 g/mol. The first-order valence-electron chi connectivity index (χ1n) is 8.95. The van der Waals surface area contributed by atoms with E-state index in [9.17, 15) is 14.4 Å². The number of imide groups is 1. The SMILES string of the molecule is COc1ccccc1[C@@H](C)NC(=O)CCN1C(=O)[C@H]2CC=CC[C@H]2C1=O. The number of benzene rings is 1. The van der Waals surface area contributed by atoms with Gasteiger partial charge in [-0.15, -0.1) is 0 Å². The lowest BCUT2D eigenvalue weighted by Gasteiger charge is -2.19. The van der Waals surface area contributed by atoms with Gasteiger partial charge in [0.25, 0.3) is 0 Å². The summed E-state index contributed by atoms with van der Waals surface area (Å²) >= 11 is 0. The Morgan fingerprint density at radius 3 is 2.42 bits per heavy atom. The maximum Gasteiger partial charge on any atom is 0.233 e. The largest absolute Gasteiger partial charge is 0.496 e. The van der Waals surface area contributed by atoms with Gasteiger partial charge in [-0.05, 0) is 25.8 Å². The normalized spacial score (nSPS) is 22.9. The van der Waals surface area contributed by atoms with Crippen molar-refractivity contribution in [1.29, 1.82) is 0 Å². The Bertz CT molecular complexity index is 717. The fourth-order valence-corrected chi connectivity index (χ4v) is 3.72. The number of hydrogen-bond donors (Lipinski definition) is 1. The number of amides is 3. The van der Waals surface area contributed by atoms with E-state index in [0.717, 1.165) is 5.56 Å². The first-order valence-corrected chi connectivity index (χ1v) is 8.95. The second-order valence-corrected chi connectivity index (χ2v) is 6.77. The number of hydrogen-bond acceptors (Lipinski definition) is 4. The van der Waals surface area contributed by atoms with Crippen molar-refractivity contribution in [3.05, 3.63) is 42.0 Å². The molecule has 6 heteroatoms. The van der Waals surface area contributed by atoms with Crippen molar-refractivity contribution >= 4 is 17.7 Å². The Morgan fingerprint density at radius 2 is 1.81 bits per heavy atom. The van der Waals surface area contributed by atoms with Gasteiger partial charge in [0.05, 0.1) is 25.0 Å². The highest BCUT2D eigenvalue weighted by atomic mass is 16.5. The van der Waals surface area contributed by atoms with E-state index in [0.29, 0.717) is 18.6 Å². The molecule has 1 aromatic carbocycles. The minimum atomic E-state index is -0.247. The van der Waals surface area contributed by atoms with Crippen LogP contribution >= 0.6 is 0 Å². The minimum Gasteiger partial charge on any atom is -0.496 e. The van der Waals surface area contributed by atoms with Crippen LogP contribution in [0.3, 0.4) is 0 Å². The summed E-state index contributed by atoms with van der Waals surface area (Å²) in [7, 11) is 1.59. The molecular formula is C20H24N2O4. The van der Waals surface area contributed by atoms with Crippen molar-refractivity contribution < 1.29 is 19.1 Å². The van der Waals surface area contributed by atoms with E-state index < -0.39 is 0 Å². The highest BCUT2D eigenvalue weighted by molar-refractivity contribution is 6.05. The summed E-state index contributed by atoms with van der Waals surface area (Å²) in [5.74, 6) is -0.269. The fraction of sp³-hybridized carbons (Fsp3) is 0.450. The zero-order valence-corrected chi connectivity index (χ0v) is 15.1. The topological polar surface area (TPSA) is 75.7 Å². The summed E-state index contributed by atoms with van der Waals surface area (Å²) in [6, 6.07) is 7.27. The first kappa shape index (κ1) is 18.2. The average molecular weight is 356 g/mol. The van der Waals surface area contributed by atoms with Crippen molar-refractivity contribution in [1.82, 2.24) is 10.2 Å². The van der Waals surface area contributed by atoms with E-state index in [4.69, 9.17) is 4.74 Å². The van der Waals surface area contributed by atoms with Gasteiger partial charge in [0.2, 0.25) is 17.7 Å². The van der Waals surface area contributed by atoms with Crippen LogP contribution in [0.2, 0.25) is 0 Å². The number of likely N-dealkylation sites (tertiary alicyclic amines) is 1. The summed E-state index contributed by atoms with van der Waals surface area (Å²) in [4.78, 5) is 38.4. The molecule has 138 valence electrons. The van der Waals surface area contributed by atoms with Crippen LogP contribution in [0.5, 0.6) is 5.75 Å². The predicted molar refractivity (Wildman–Crippen MR) is 96.2 cm³/mol. The smallest absolute Gasteiger partial charge is 0.233 e. The van der Waals surface area contributed by atoms with Crippen LogP contribution in [-0.2, 0) is 14.4 Å². The third-order valence-electron chi connectivity index (χ3n) is 5.14. The monoisotopic (exact) mass is 356 g/mol. The lowest BCUT2D eigenvalue weighted by Crippen LogP contribution is -2.36. The number of fused-ring (bicyclic) bond motifs is 1. The Balaban J connectivity index is 1.56. The summed E-state index contributed by atoms with van der Waals surface area (Å²) in [6.45, 7) is 2.01. The predicted octanol–water partition coefficient (Wildman–Crippen LogP) is 2.21. The second-order valence-electron chi connectivity index (χ2n) is 6.77. The molecule has 2 aliphatic rings. The van der Waals surface area contributed by atoms with Crippen LogP contribution in [0.1, 0.15) is 37.8 Å². The van der Waals surface area contributed by atoms with Gasteiger partial charge >= 0.3 is 0 Å². The highest BCUT2D eigenvalue weighted by Crippen LogP contribution is 2.35. The van der Waals surface area contributed by atoms with Crippen LogP contribution in [0.15, 0.2) is 36.4 Å². The number of carbonyl (C=O) groups excluding carboxylic acids is 3. The molecule has 0 spiro atoms. The van der Waals surface area contributed by atoms with Crippen molar-refractivity contribution in [2.75, 3.05) is 13.7 Å². The number of nitrogens with one attached hydrogen (secondary N) is 1.